The van der Waals surface area contributed by atoms with Crippen molar-refractivity contribution in [3.8, 4) is 17.2 Å². The number of hydrogen-bond donors (Lipinski definition) is 2. The topological polar surface area (TPSA) is 66.8 Å². The van der Waals surface area contributed by atoms with Crippen LogP contribution in [-0.4, -0.2) is 16.2 Å². The lowest BCUT2D eigenvalue weighted by Gasteiger charge is -2.15. The summed E-state index contributed by atoms with van der Waals surface area (Å²) < 4.78 is 5.36. The molecule has 1 atom stereocenters. The SMILES string of the molecule is CCCC(C(=O)Oc1ccc(O)cc1)c1ccc(O)cc1. The maximum atomic E-state index is 12.3. The average molecular weight is 286 g/mol. The molecule has 0 saturated carbocycles. The first-order valence-corrected chi connectivity index (χ1v) is 6.90. The van der Waals surface area contributed by atoms with Gasteiger partial charge in [-0.1, -0.05) is 25.5 Å². The fraction of sp³-hybridized carbons (Fsp3) is 0.235. The summed E-state index contributed by atoms with van der Waals surface area (Å²) in [6.45, 7) is 2.00. The highest BCUT2D eigenvalue weighted by atomic mass is 16.5. The van der Waals surface area contributed by atoms with E-state index in [4.69, 9.17) is 4.74 Å². The van der Waals surface area contributed by atoms with E-state index < -0.39 is 0 Å². The number of esters is 1. The van der Waals surface area contributed by atoms with Crippen LogP contribution in [0, 0.1) is 0 Å². The van der Waals surface area contributed by atoms with E-state index in [1.165, 1.54) is 12.1 Å². The molecule has 2 rings (SSSR count). The van der Waals surface area contributed by atoms with Gasteiger partial charge in [-0.15, -0.1) is 0 Å². The minimum Gasteiger partial charge on any atom is -0.508 e. The van der Waals surface area contributed by atoms with Gasteiger partial charge in [0.15, 0.2) is 0 Å². The number of carbonyl (C=O) groups excluding carboxylic acids is 1. The van der Waals surface area contributed by atoms with Gasteiger partial charge >= 0.3 is 5.97 Å². The molecule has 0 aliphatic rings. The third-order valence-corrected chi connectivity index (χ3v) is 3.21. The van der Waals surface area contributed by atoms with Crippen LogP contribution in [-0.2, 0) is 4.79 Å². The number of ether oxygens (including phenoxy) is 1. The van der Waals surface area contributed by atoms with Gasteiger partial charge in [-0.25, -0.2) is 0 Å². The summed E-state index contributed by atoms with van der Waals surface area (Å²) >= 11 is 0. The molecule has 2 aromatic rings. The van der Waals surface area contributed by atoms with Crippen molar-refractivity contribution in [2.24, 2.45) is 0 Å². The van der Waals surface area contributed by atoms with Crippen molar-refractivity contribution in [2.45, 2.75) is 25.7 Å². The van der Waals surface area contributed by atoms with Gasteiger partial charge < -0.3 is 14.9 Å². The lowest BCUT2D eigenvalue weighted by Crippen LogP contribution is -2.18. The molecule has 2 aromatic carbocycles. The van der Waals surface area contributed by atoms with Gasteiger partial charge in [0.1, 0.15) is 17.2 Å². The van der Waals surface area contributed by atoms with E-state index in [1.807, 2.05) is 6.92 Å². The fourth-order valence-corrected chi connectivity index (χ4v) is 2.12. The maximum absolute atomic E-state index is 12.3. The monoisotopic (exact) mass is 286 g/mol. The van der Waals surface area contributed by atoms with E-state index in [0.717, 1.165) is 12.0 Å². The molecule has 0 amide bonds. The van der Waals surface area contributed by atoms with Crippen molar-refractivity contribution < 1.29 is 19.7 Å². The van der Waals surface area contributed by atoms with E-state index in [2.05, 4.69) is 0 Å². The molecule has 21 heavy (non-hydrogen) atoms. The van der Waals surface area contributed by atoms with Crippen LogP contribution >= 0.6 is 0 Å². The highest BCUT2D eigenvalue weighted by molar-refractivity contribution is 5.80. The Kier molecular flexibility index (Phi) is 4.82. The molecule has 0 aliphatic carbocycles. The predicted octanol–water partition coefficient (Wildman–Crippen LogP) is 3.59. The van der Waals surface area contributed by atoms with Crippen LogP contribution in [0.1, 0.15) is 31.2 Å². The molecule has 110 valence electrons. The van der Waals surface area contributed by atoms with Crippen molar-refractivity contribution >= 4 is 5.97 Å². The zero-order valence-electron chi connectivity index (χ0n) is 11.8. The van der Waals surface area contributed by atoms with Crippen molar-refractivity contribution in [2.75, 3.05) is 0 Å². The number of phenols is 2. The Morgan fingerprint density at radius 2 is 1.52 bits per heavy atom. The quantitative estimate of drug-likeness (QED) is 0.651. The second-order valence-corrected chi connectivity index (χ2v) is 4.85. The second kappa shape index (κ2) is 6.79. The smallest absolute Gasteiger partial charge is 0.318 e. The van der Waals surface area contributed by atoms with Crippen molar-refractivity contribution in [1.29, 1.82) is 0 Å². The third kappa shape index (κ3) is 3.99. The molecular formula is C17H18O4. The zero-order valence-corrected chi connectivity index (χ0v) is 11.8. The summed E-state index contributed by atoms with van der Waals surface area (Å²) in [4.78, 5) is 12.3. The largest absolute Gasteiger partial charge is 0.508 e. The van der Waals surface area contributed by atoms with Gasteiger partial charge in [0.2, 0.25) is 0 Å². The number of benzene rings is 2. The van der Waals surface area contributed by atoms with Crippen molar-refractivity contribution in [3.63, 3.8) is 0 Å². The summed E-state index contributed by atoms with van der Waals surface area (Å²) in [5, 5.41) is 18.6. The van der Waals surface area contributed by atoms with E-state index >= 15 is 0 Å². The number of hydrogen-bond acceptors (Lipinski definition) is 4. The molecule has 0 aliphatic heterocycles. The number of aromatic hydroxyl groups is 2. The maximum Gasteiger partial charge on any atom is 0.318 e. The van der Waals surface area contributed by atoms with Gasteiger partial charge in [-0.3, -0.25) is 4.79 Å². The Hall–Kier alpha value is -2.49. The Morgan fingerprint density at radius 3 is 2.05 bits per heavy atom. The molecule has 0 spiro atoms. The molecule has 0 fully saturated rings. The minimum atomic E-state index is -0.371. The summed E-state index contributed by atoms with van der Waals surface area (Å²) in [6.07, 6.45) is 1.51. The van der Waals surface area contributed by atoms with Crippen LogP contribution in [0.25, 0.3) is 0 Å². The van der Waals surface area contributed by atoms with Gasteiger partial charge in [0.25, 0.3) is 0 Å². The molecule has 0 heterocycles. The lowest BCUT2D eigenvalue weighted by atomic mass is 9.94. The first kappa shape index (κ1) is 14.9. The van der Waals surface area contributed by atoms with Gasteiger partial charge in [0, 0.05) is 0 Å². The van der Waals surface area contributed by atoms with E-state index in [-0.39, 0.29) is 23.4 Å². The fourth-order valence-electron chi connectivity index (χ4n) is 2.12. The molecule has 2 N–H and O–H groups in total. The van der Waals surface area contributed by atoms with Gasteiger partial charge in [-0.05, 0) is 48.4 Å². The average Bonchev–Trinajstić information content (AvgIpc) is 2.48. The highest BCUT2D eigenvalue weighted by Crippen LogP contribution is 2.26. The lowest BCUT2D eigenvalue weighted by molar-refractivity contribution is -0.136. The number of carbonyl (C=O) groups is 1. The minimum absolute atomic E-state index is 0.124. The third-order valence-electron chi connectivity index (χ3n) is 3.21. The summed E-state index contributed by atoms with van der Waals surface area (Å²) in [5.74, 6) is -0.0188. The molecular weight excluding hydrogens is 268 g/mol. The zero-order chi connectivity index (χ0) is 15.2. The summed E-state index contributed by atoms with van der Waals surface area (Å²) in [5.41, 5.74) is 0.818. The number of phenolic OH excluding ortho intramolecular Hbond substituents is 2. The number of rotatable bonds is 5. The standard InChI is InChI=1S/C17H18O4/c1-2-3-16(12-4-6-13(18)7-5-12)17(20)21-15-10-8-14(19)9-11-15/h4-11,16,18-19H,2-3H2,1H3. The van der Waals surface area contributed by atoms with Crippen molar-refractivity contribution in [1.82, 2.24) is 0 Å². The Labute approximate surface area is 123 Å². The first-order chi connectivity index (χ1) is 10.1. The van der Waals surface area contributed by atoms with Crippen LogP contribution in [0.3, 0.4) is 0 Å². The van der Waals surface area contributed by atoms with Crippen LogP contribution in [0.5, 0.6) is 17.2 Å². The van der Waals surface area contributed by atoms with E-state index in [9.17, 15) is 15.0 Å². The van der Waals surface area contributed by atoms with E-state index in [1.54, 1.807) is 36.4 Å². The molecule has 0 saturated heterocycles. The van der Waals surface area contributed by atoms with Crippen molar-refractivity contribution in [3.05, 3.63) is 54.1 Å². The first-order valence-electron chi connectivity index (χ1n) is 6.90. The van der Waals surface area contributed by atoms with Gasteiger partial charge in [0.05, 0.1) is 5.92 Å². The Morgan fingerprint density at radius 1 is 1.00 bits per heavy atom. The highest BCUT2D eigenvalue weighted by Gasteiger charge is 2.22. The molecule has 4 nitrogen and oxygen atoms in total. The molecule has 0 aromatic heterocycles. The van der Waals surface area contributed by atoms with Crippen LogP contribution in [0.15, 0.2) is 48.5 Å². The molecule has 1 unspecified atom stereocenters. The van der Waals surface area contributed by atoms with Gasteiger partial charge in [-0.2, -0.15) is 0 Å². The second-order valence-electron chi connectivity index (χ2n) is 4.85. The summed E-state index contributed by atoms with van der Waals surface area (Å²) in [7, 11) is 0. The van der Waals surface area contributed by atoms with Crippen LogP contribution in [0.4, 0.5) is 0 Å². The Balaban J connectivity index is 2.15. The van der Waals surface area contributed by atoms with Crippen LogP contribution < -0.4 is 4.74 Å². The van der Waals surface area contributed by atoms with E-state index in [0.29, 0.717) is 12.2 Å². The van der Waals surface area contributed by atoms with Crippen LogP contribution in [0.2, 0.25) is 0 Å². The Bertz CT molecular complexity index is 587. The predicted molar refractivity (Wildman–Crippen MR) is 79.5 cm³/mol. The normalized spacial score (nSPS) is 11.9. The molecule has 0 radical (unpaired) electrons. The summed E-state index contributed by atoms with van der Waals surface area (Å²) in [6, 6.07) is 12.6. The molecule has 4 heteroatoms. The molecule has 0 bridgehead atoms.